The molecule has 0 aromatic heterocycles. The molecule has 2 atom stereocenters. The average Bonchev–Trinajstić information content (AvgIpc) is 2.45. The molecule has 132 valence electrons. The minimum Gasteiger partial charge on any atom is -0.598 e. The molecule has 1 rings (SSSR count). The van der Waals surface area contributed by atoms with Crippen molar-refractivity contribution in [3.05, 3.63) is 35.1 Å². The van der Waals surface area contributed by atoms with E-state index < -0.39 is 40.0 Å². The number of hydrogen-bond donors (Lipinski definition) is 2. The third kappa shape index (κ3) is 5.38. The number of halogens is 3. The minimum absolute atomic E-state index is 0.166. The van der Waals surface area contributed by atoms with Gasteiger partial charge in [0.2, 0.25) is 0 Å². The second kappa shape index (κ2) is 7.88. The molecule has 0 fully saturated rings. The van der Waals surface area contributed by atoms with E-state index in [2.05, 4.69) is 4.72 Å². The highest BCUT2D eigenvalue weighted by molar-refractivity contribution is 7.90. The molecule has 23 heavy (non-hydrogen) atoms. The van der Waals surface area contributed by atoms with E-state index in [-0.39, 0.29) is 11.5 Å². The summed E-state index contributed by atoms with van der Waals surface area (Å²) in [6, 6.07) is 3.79. The van der Waals surface area contributed by atoms with Crippen LogP contribution in [0, 0.1) is 5.82 Å². The Bertz CT molecular complexity index is 521. The van der Waals surface area contributed by atoms with Crippen LogP contribution in [0.3, 0.4) is 0 Å². The summed E-state index contributed by atoms with van der Waals surface area (Å²) in [4.78, 5) is 0. The number of hydrogen-bond acceptors (Lipinski definition) is 3. The molecule has 0 aliphatic carbocycles. The Balaban J connectivity index is 2.78. The van der Waals surface area contributed by atoms with E-state index in [4.69, 9.17) is 5.11 Å². The van der Waals surface area contributed by atoms with Gasteiger partial charge in [-0.05, 0) is 44.7 Å². The SMILES string of the molecule is CC(CCN[S+]([O-])C(C)(C)C)c1cccc(C(F)(F)CO)c1F. The molecule has 1 aromatic rings. The van der Waals surface area contributed by atoms with Gasteiger partial charge in [-0.25, -0.2) is 4.39 Å². The number of benzene rings is 1. The molecule has 0 aliphatic rings. The van der Waals surface area contributed by atoms with Gasteiger partial charge in [-0.15, -0.1) is 4.72 Å². The lowest BCUT2D eigenvalue weighted by Crippen LogP contribution is -2.40. The Morgan fingerprint density at radius 2 is 1.91 bits per heavy atom. The normalized spacial score (nSPS) is 15.5. The molecule has 7 heteroatoms. The lowest BCUT2D eigenvalue weighted by atomic mass is 9.94. The molecule has 1 aromatic carbocycles. The first-order valence-corrected chi connectivity index (χ1v) is 8.58. The van der Waals surface area contributed by atoms with E-state index in [1.807, 2.05) is 20.8 Å². The summed E-state index contributed by atoms with van der Waals surface area (Å²) in [5.41, 5.74) is -0.630. The van der Waals surface area contributed by atoms with Crippen molar-refractivity contribution >= 4 is 11.4 Å². The lowest BCUT2D eigenvalue weighted by molar-refractivity contribution is -0.0584. The number of rotatable bonds is 7. The van der Waals surface area contributed by atoms with Gasteiger partial charge in [0.25, 0.3) is 5.92 Å². The predicted octanol–water partition coefficient (Wildman–Crippen LogP) is 3.46. The van der Waals surface area contributed by atoms with Gasteiger partial charge in [-0.1, -0.05) is 19.1 Å². The molecule has 0 heterocycles. The van der Waals surface area contributed by atoms with Crippen molar-refractivity contribution in [3.8, 4) is 0 Å². The van der Waals surface area contributed by atoms with Gasteiger partial charge >= 0.3 is 0 Å². The smallest absolute Gasteiger partial charge is 0.298 e. The predicted molar refractivity (Wildman–Crippen MR) is 86.3 cm³/mol. The van der Waals surface area contributed by atoms with Crippen molar-refractivity contribution in [3.63, 3.8) is 0 Å². The summed E-state index contributed by atoms with van der Waals surface area (Å²) in [6.45, 7) is 6.17. The highest BCUT2D eigenvalue weighted by atomic mass is 32.2. The highest BCUT2D eigenvalue weighted by Gasteiger charge is 2.35. The fraction of sp³-hybridized carbons (Fsp3) is 0.625. The third-order valence-corrected chi connectivity index (χ3v) is 5.10. The van der Waals surface area contributed by atoms with Gasteiger partial charge in [0.1, 0.15) is 17.2 Å². The zero-order valence-corrected chi connectivity index (χ0v) is 14.6. The Morgan fingerprint density at radius 3 is 2.43 bits per heavy atom. The van der Waals surface area contributed by atoms with Crippen molar-refractivity contribution in [2.45, 2.75) is 50.7 Å². The van der Waals surface area contributed by atoms with Crippen LogP contribution in [0.4, 0.5) is 13.2 Å². The summed E-state index contributed by atoms with van der Waals surface area (Å²) in [5, 5.41) is 8.72. The maximum Gasteiger partial charge on any atom is 0.298 e. The van der Waals surface area contributed by atoms with Gasteiger partial charge in [0, 0.05) is 17.9 Å². The molecule has 0 aliphatic heterocycles. The van der Waals surface area contributed by atoms with Crippen LogP contribution in [0.25, 0.3) is 0 Å². The summed E-state index contributed by atoms with van der Waals surface area (Å²) in [7, 11) is 0. The second-order valence-electron chi connectivity index (χ2n) is 6.54. The van der Waals surface area contributed by atoms with Crippen LogP contribution < -0.4 is 4.72 Å². The molecule has 0 saturated heterocycles. The van der Waals surface area contributed by atoms with E-state index in [0.717, 1.165) is 6.07 Å². The number of nitrogens with one attached hydrogen (secondary N) is 1. The van der Waals surface area contributed by atoms with Crippen molar-refractivity contribution < 1.29 is 22.8 Å². The summed E-state index contributed by atoms with van der Waals surface area (Å²) in [6.07, 6.45) is 0.451. The van der Waals surface area contributed by atoms with E-state index in [0.29, 0.717) is 13.0 Å². The second-order valence-corrected chi connectivity index (χ2v) is 8.59. The van der Waals surface area contributed by atoms with Gasteiger partial charge < -0.3 is 9.66 Å². The van der Waals surface area contributed by atoms with Crippen LogP contribution >= 0.6 is 0 Å². The number of aliphatic hydroxyl groups is 1. The van der Waals surface area contributed by atoms with Crippen LogP contribution in [-0.4, -0.2) is 27.6 Å². The molecule has 0 spiro atoms. The Labute approximate surface area is 138 Å². The number of alkyl halides is 2. The summed E-state index contributed by atoms with van der Waals surface area (Å²) >= 11 is -1.23. The molecule has 3 nitrogen and oxygen atoms in total. The molecule has 0 bridgehead atoms. The largest absolute Gasteiger partial charge is 0.598 e. The Morgan fingerprint density at radius 1 is 1.30 bits per heavy atom. The first-order valence-electron chi connectivity index (χ1n) is 7.43. The molecule has 0 saturated carbocycles. The van der Waals surface area contributed by atoms with Gasteiger partial charge in [-0.2, -0.15) is 8.78 Å². The quantitative estimate of drug-likeness (QED) is 0.740. The highest BCUT2D eigenvalue weighted by Crippen LogP contribution is 2.33. The van der Waals surface area contributed by atoms with Crippen molar-refractivity contribution in [1.29, 1.82) is 0 Å². The van der Waals surface area contributed by atoms with Crippen LogP contribution in [0.2, 0.25) is 0 Å². The standard InChI is InChI=1S/C16H24F3NO2S/c1-11(8-9-20-23(22)15(2,3)4)12-6-5-7-13(14(12)17)16(18,19)10-21/h5-7,11,20-21H,8-10H2,1-4H3. The first-order chi connectivity index (χ1) is 10.5. The topological polar surface area (TPSA) is 55.3 Å². The van der Waals surface area contributed by atoms with Crippen LogP contribution in [0.5, 0.6) is 0 Å². The number of aliphatic hydroxyl groups excluding tert-OH is 1. The average molecular weight is 351 g/mol. The summed E-state index contributed by atoms with van der Waals surface area (Å²) in [5.74, 6) is -4.92. The fourth-order valence-corrected chi connectivity index (χ4v) is 2.77. The Hall–Kier alpha value is -0.760. The van der Waals surface area contributed by atoms with Gasteiger partial charge in [-0.3, -0.25) is 0 Å². The van der Waals surface area contributed by atoms with Crippen molar-refractivity contribution in [2.24, 2.45) is 0 Å². The third-order valence-electron chi connectivity index (χ3n) is 3.52. The molecule has 2 unspecified atom stereocenters. The maximum atomic E-state index is 14.3. The van der Waals surface area contributed by atoms with Crippen LogP contribution in [-0.2, 0) is 17.3 Å². The molecular formula is C16H24F3NO2S. The zero-order chi connectivity index (χ0) is 17.8. The van der Waals surface area contributed by atoms with Gasteiger partial charge in [0.15, 0.2) is 0 Å². The Kier molecular flexibility index (Phi) is 6.95. The molecule has 0 amide bonds. The van der Waals surface area contributed by atoms with Crippen molar-refractivity contribution in [1.82, 2.24) is 4.72 Å². The van der Waals surface area contributed by atoms with Gasteiger partial charge in [0.05, 0.1) is 5.56 Å². The molecule has 2 N–H and O–H groups in total. The first kappa shape index (κ1) is 20.3. The molecule has 0 radical (unpaired) electrons. The van der Waals surface area contributed by atoms with Crippen LogP contribution in [0.15, 0.2) is 18.2 Å². The van der Waals surface area contributed by atoms with E-state index in [9.17, 15) is 17.7 Å². The zero-order valence-electron chi connectivity index (χ0n) is 13.8. The van der Waals surface area contributed by atoms with Crippen molar-refractivity contribution in [2.75, 3.05) is 13.2 Å². The van der Waals surface area contributed by atoms with E-state index in [1.165, 1.54) is 12.1 Å². The monoisotopic (exact) mass is 351 g/mol. The minimum atomic E-state index is -3.61. The fourth-order valence-electron chi connectivity index (χ4n) is 2.04. The van der Waals surface area contributed by atoms with E-state index in [1.54, 1.807) is 6.92 Å². The lowest BCUT2D eigenvalue weighted by Gasteiger charge is -2.24. The maximum absolute atomic E-state index is 14.3. The molecular weight excluding hydrogens is 327 g/mol. The summed E-state index contributed by atoms with van der Waals surface area (Å²) < 4.78 is 55.7. The van der Waals surface area contributed by atoms with Crippen LogP contribution in [0.1, 0.15) is 51.2 Å². The van der Waals surface area contributed by atoms with E-state index >= 15 is 0 Å².